The Morgan fingerprint density at radius 2 is 1.80 bits per heavy atom. The van der Waals surface area contributed by atoms with Crippen LogP contribution in [0.25, 0.3) is 0 Å². The Morgan fingerprint density at radius 1 is 1.12 bits per heavy atom. The molecule has 0 bridgehead atoms. The molecule has 3 N–H and O–H groups in total. The molecule has 1 fully saturated rings. The minimum atomic E-state index is -0.588. The van der Waals surface area contributed by atoms with Gasteiger partial charge in [-0.25, -0.2) is 4.39 Å². The van der Waals surface area contributed by atoms with E-state index in [4.69, 9.17) is 5.73 Å². The van der Waals surface area contributed by atoms with E-state index in [0.29, 0.717) is 5.92 Å². The maximum absolute atomic E-state index is 13.2. The minimum absolute atomic E-state index is 0.187. The highest BCUT2D eigenvalue weighted by Crippen LogP contribution is 2.35. The van der Waals surface area contributed by atoms with Gasteiger partial charge in [0.05, 0.1) is 11.6 Å². The number of hydrogen-bond acceptors (Lipinski definition) is 3. The summed E-state index contributed by atoms with van der Waals surface area (Å²) in [6, 6.07) is 9.00. The number of benzene rings is 1. The number of nitrogens with two attached hydrogens (primary N) is 1. The molecule has 2 aromatic rings. The first-order valence-electron chi connectivity index (χ1n) is 8.37. The van der Waals surface area contributed by atoms with Gasteiger partial charge in [0.15, 0.2) is 0 Å². The maximum Gasteiger partial charge on any atom is 0.270 e. The summed E-state index contributed by atoms with van der Waals surface area (Å²) >= 11 is 0. The Kier molecular flexibility index (Phi) is 5.07. The van der Waals surface area contributed by atoms with Crippen molar-refractivity contribution in [3.8, 4) is 0 Å². The van der Waals surface area contributed by atoms with Crippen molar-refractivity contribution in [3.05, 3.63) is 65.2 Å². The van der Waals surface area contributed by atoms with E-state index in [1.807, 2.05) is 0 Å². The first kappa shape index (κ1) is 17.1. The van der Waals surface area contributed by atoms with Crippen molar-refractivity contribution in [1.29, 1.82) is 0 Å². The van der Waals surface area contributed by atoms with Crippen molar-refractivity contribution in [2.24, 2.45) is 11.7 Å². The Labute approximate surface area is 145 Å². The van der Waals surface area contributed by atoms with E-state index in [2.05, 4.69) is 10.3 Å². The van der Waals surface area contributed by atoms with Crippen LogP contribution in [0.15, 0.2) is 42.6 Å². The first-order chi connectivity index (χ1) is 12.0. The Hall–Kier alpha value is -2.76. The standard InChI is InChI=1S/C19H20FN3O2/c20-15-8-5-13(6-9-15)17(12-3-1-2-4-12)23-19(25)16-10-7-14(11-22-16)18(21)24/h5-12,17H,1-4H2,(H2,21,24)(H,23,25)/t17-/m1/s1. The van der Waals surface area contributed by atoms with Gasteiger partial charge in [0.2, 0.25) is 5.91 Å². The molecule has 0 saturated heterocycles. The quantitative estimate of drug-likeness (QED) is 0.877. The van der Waals surface area contributed by atoms with Gasteiger partial charge in [-0.3, -0.25) is 14.6 Å². The third-order valence-corrected chi connectivity index (χ3v) is 4.67. The molecule has 2 amide bonds. The molecule has 130 valence electrons. The van der Waals surface area contributed by atoms with Crippen LogP contribution in [0.2, 0.25) is 0 Å². The molecular formula is C19H20FN3O2. The molecule has 1 aliphatic carbocycles. The van der Waals surface area contributed by atoms with Gasteiger partial charge in [-0.1, -0.05) is 25.0 Å². The number of hydrogen-bond donors (Lipinski definition) is 2. The lowest BCUT2D eigenvalue weighted by atomic mass is 9.91. The molecule has 0 spiro atoms. The van der Waals surface area contributed by atoms with Crippen molar-refractivity contribution in [1.82, 2.24) is 10.3 Å². The lowest BCUT2D eigenvalue weighted by Gasteiger charge is -2.25. The molecule has 0 unspecified atom stereocenters. The molecular weight excluding hydrogens is 321 g/mol. The summed E-state index contributed by atoms with van der Waals surface area (Å²) in [4.78, 5) is 27.7. The highest BCUT2D eigenvalue weighted by molar-refractivity contribution is 5.95. The van der Waals surface area contributed by atoms with E-state index < -0.39 is 5.91 Å². The first-order valence-corrected chi connectivity index (χ1v) is 8.37. The molecule has 1 aliphatic rings. The Morgan fingerprint density at radius 3 is 2.36 bits per heavy atom. The number of aromatic nitrogens is 1. The molecule has 5 nitrogen and oxygen atoms in total. The van der Waals surface area contributed by atoms with Gasteiger partial charge in [0.1, 0.15) is 11.5 Å². The third-order valence-electron chi connectivity index (χ3n) is 4.67. The lowest BCUT2D eigenvalue weighted by Crippen LogP contribution is -2.33. The molecule has 0 aliphatic heterocycles. The van der Waals surface area contributed by atoms with Crippen molar-refractivity contribution >= 4 is 11.8 Å². The van der Waals surface area contributed by atoms with E-state index in [1.165, 1.54) is 30.5 Å². The van der Waals surface area contributed by atoms with E-state index >= 15 is 0 Å². The van der Waals surface area contributed by atoms with Crippen LogP contribution in [-0.4, -0.2) is 16.8 Å². The summed E-state index contributed by atoms with van der Waals surface area (Å²) < 4.78 is 13.2. The van der Waals surface area contributed by atoms with Crippen LogP contribution in [0.1, 0.15) is 58.1 Å². The number of rotatable bonds is 5. The van der Waals surface area contributed by atoms with Crippen molar-refractivity contribution in [2.45, 2.75) is 31.7 Å². The molecule has 1 atom stereocenters. The number of nitrogens with zero attached hydrogens (tertiary/aromatic N) is 1. The summed E-state index contributed by atoms with van der Waals surface area (Å²) in [6.07, 6.45) is 5.60. The van der Waals surface area contributed by atoms with Crippen LogP contribution in [0, 0.1) is 11.7 Å². The van der Waals surface area contributed by atoms with Crippen LogP contribution in [0.4, 0.5) is 4.39 Å². The van der Waals surface area contributed by atoms with Gasteiger partial charge < -0.3 is 11.1 Å². The fourth-order valence-corrected chi connectivity index (χ4v) is 3.32. The van der Waals surface area contributed by atoms with E-state index in [-0.39, 0.29) is 29.0 Å². The van der Waals surface area contributed by atoms with E-state index in [1.54, 1.807) is 12.1 Å². The molecule has 1 aromatic heterocycles. The minimum Gasteiger partial charge on any atom is -0.366 e. The number of pyridine rings is 1. The summed E-state index contributed by atoms with van der Waals surface area (Å²) in [5, 5.41) is 3.02. The topological polar surface area (TPSA) is 85.1 Å². The Bertz CT molecular complexity index is 753. The Balaban J connectivity index is 1.80. The molecule has 6 heteroatoms. The monoisotopic (exact) mass is 341 g/mol. The largest absolute Gasteiger partial charge is 0.366 e. The fourth-order valence-electron chi connectivity index (χ4n) is 3.32. The lowest BCUT2D eigenvalue weighted by molar-refractivity contribution is 0.0914. The van der Waals surface area contributed by atoms with Crippen molar-refractivity contribution < 1.29 is 14.0 Å². The molecule has 1 aromatic carbocycles. The summed E-state index contributed by atoms with van der Waals surface area (Å²) in [6.45, 7) is 0. The molecule has 0 radical (unpaired) electrons. The van der Waals surface area contributed by atoms with Gasteiger partial charge in [-0.2, -0.15) is 0 Å². The van der Waals surface area contributed by atoms with Crippen molar-refractivity contribution in [3.63, 3.8) is 0 Å². The van der Waals surface area contributed by atoms with Crippen molar-refractivity contribution in [2.75, 3.05) is 0 Å². The SMILES string of the molecule is NC(=O)c1ccc(C(=O)N[C@@H](c2ccc(F)cc2)C2CCCC2)nc1. The highest BCUT2D eigenvalue weighted by Gasteiger charge is 2.28. The number of primary amides is 1. The summed E-state index contributed by atoms with van der Waals surface area (Å²) in [7, 11) is 0. The van der Waals surface area contributed by atoms with Crippen LogP contribution in [0.3, 0.4) is 0 Å². The third kappa shape index (κ3) is 4.02. The van der Waals surface area contributed by atoms with Gasteiger partial charge in [-0.05, 0) is 48.6 Å². The number of nitrogens with one attached hydrogen (secondary N) is 1. The molecule has 25 heavy (non-hydrogen) atoms. The summed E-state index contributed by atoms with van der Waals surface area (Å²) in [5.41, 5.74) is 6.54. The zero-order valence-electron chi connectivity index (χ0n) is 13.7. The van der Waals surface area contributed by atoms with Gasteiger partial charge in [0, 0.05) is 6.20 Å². The van der Waals surface area contributed by atoms with Crippen LogP contribution < -0.4 is 11.1 Å². The summed E-state index contributed by atoms with van der Waals surface area (Å²) in [5.74, 6) is -0.893. The zero-order chi connectivity index (χ0) is 17.8. The predicted molar refractivity (Wildman–Crippen MR) is 91.3 cm³/mol. The van der Waals surface area contributed by atoms with Crippen LogP contribution >= 0.6 is 0 Å². The van der Waals surface area contributed by atoms with E-state index in [0.717, 1.165) is 31.2 Å². The number of carbonyl (C=O) groups excluding carboxylic acids is 2. The predicted octanol–water partition coefficient (Wildman–Crippen LogP) is 2.98. The molecule has 1 saturated carbocycles. The second-order valence-electron chi connectivity index (χ2n) is 6.34. The average molecular weight is 341 g/mol. The molecule has 1 heterocycles. The van der Waals surface area contributed by atoms with Crippen LogP contribution in [-0.2, 0) is 0 Å². The van der Waals surface area contributed by atoms with Gasteiger partial charge in [-0.15, -0.1) is 0 Å². The second-order valence-corrected chi connectivity index (χ2v) is 6.34. The zero-order valence-corrected chi connectivity index (χ0v) is 13.7. The second kappa shape index (κ2) is 7.42. The van der Waals surface area contributed by atoms with Gasteiger partial charge in [0.25, 0.3) is 5.91 Å². The highest BCUT2D eigenvalue weighted by atomic mass is 19.1. The number of halogens is 1. The number of carbonyl (C=O) groups is 2. The van der Waals surface area contributed by atoms with Gasteiger partial charge >= 0.3 is 0 Å². The average Bonchev–Trinajstić information content (AvgIpc) is 3.15. The fraction of sp³-hybridized carbons (Fsp3) is 0.316. The smallest absolute Gasteiger partial charge is 0.270 e. The normalized spacial score (nSPS) is 15.7. The molecule has 3 rings (SSSR count). The number of amides is 2. The van der Waals surface area contributed by atoms with E-state index in [9.17, 15) is 14.0 Å². The van der Waals surface area contributed by atoms with Crippen LogP contribution in [0.5, 0.6) is 0 Å². The maximum atomic E-state index is 13.2.